The highest BCUT2D eigenvalue weighted by atomic mass is 16.5. The molecule has 0 fully saturated rings. The Balaban J connectivity index is 1.94. The van der Waals surface area contributed by atoms with E-state index in [1.807, 2.05) is 13.8 Å². The average Bonchev–Trinajstić information content (AvgIpc) is 2.72. The number of carbonyl (C=O) groups excluding carboxylic acids is 2. The third kappa shape index (κ3) is 5.67. The molecule has 0 atom stereocenters. The lowest BCUT2D eigenvalue weighted by Gasteiger charge is -2.16. The highest BCUT2D eigenvalue weighted by Crippen LogP contribution is 2.11. The van der Waals surface area contributed by atoms with Crippen molar-refractivity contribution < 1.29 is 19.1 Å². The van der Waals surface area contributed by atoms with Crippen molar-refractivity contribution in [2.45, 2.75) is 20.3 Å². The maximum Gasteiger partial charge on any atom is 0.251 e. The second-order valence-electron chi connectivity index (χ2n) is 4.91. The molecule has 0 radical (unpaired) electrons. The van der Waals surface area contributed by atoms with E-state index in [-0.39, 0.29) is 17.6 Å². The molecule has 1 rings (SSSR count). The Morgan fingerprint density at radius 1 is 1.20 bits per heavy atom. The Morgan fingerprint density at radius 3 is 2.40 bits per heavy atom. The van der Waals surface area contributed by atoms with Gasteiger partial charge in [0.2, 0.25) is 0 Å². The van der Waals surface area contributed by atoms with E-state index in [1.165, 1.54) is 6.08 Å². The van der Waals surface area contributed by atoms with Crippen LogP contribution in [0.3, 0.4) is 0 Å². The number of nitrogens with zero attached hydrogens (tertiary/aromatic N) is 1. The lowest BCUT2D eigenvalue weighted by molar-refractivity contribution is -0.124. The van der Waals surface area contributed by atoms with Gasteiger partial charge in [0.1, 0.15) is 5.78 Å². The van der Waals surface area contributed by atoms with Gasteiger partial charge in [-0.15, -0.1) is 0 Å². The van der Waals surface area contributed by atoms with E-state index in [0.29, 0.717) is 45.1 Å². The second kappa shape index (κ2) is 8.66. The lowest BCUT2D eigenvalue weighted by atomic mass is 10.1. The van der Waals surface area contributed by atoms with E-state index in [1.54, 1.807) is 11.0 Å². The van der Waals surface area contributed by atoms with Gasteiger partial charge >= 0.3 is 0 Å². The summed E-state index contributed by atoms with van der Waals surface area (Å²) in [6.07, 6.45) is 3.64. The molecule has 1 amide bonds. The first kappa shape index (κ1) is 16.6. The maximum atomic E-state index is 11.4. The Kier molecular flexibility index (Phi) is 7.18. The standard InChI is InChI=1S/C15H23NO4/c1-12(2)14(17)6-8-19-10-11-20-9-7-16-13(3)4-5-15(16)18/h4-5,12H,3,6-11H2,1-2H3. The molecule has 20 heavy (non-hydrogen) atoms. The molecule has 0 aliphatic carbocycles. The summed E-state index contributed by atoms with van der Waals surface area (Å²) >= 11 is 0. The van der Waals surface area contributed by atoms with E-state index in [0.717, 1.165) is 0 Å². The maximum absolute atomic E-state index is 11.4. The number of ether oxygens (including phenoxy) is 2. The van der Waals surface area contributed by atoms with Crippen LogP contribution < -0.4 is 0 Å². The molecular formula is C15H23NO4. The summed E-state index contributed by atoms with van der Waals surface area (Å²) in [6, 6.07) is 0. The van der Waals surface area contributed by atoms with Gasteiger partial charge < -0.3 is 14.4 Å². The zero-order chi connectivity index (χ0) is 15.0. The van der Waals surface area contributed by atoms with E-state index in [4.69, 9.17) is 9.47 Å². The van der Waals surface area contributed by atoms with Crippen LogP contribution in [-0.2, 0) is 19.1 Å². The molecular weight excluding hydrogens is 258 g/mol. The quantitative estimate of drug-likeness (QED) is 0.570. The van der Waals surface area contributed by atoms with Crippen molar-refractivity contribution in [3.05, 3.63) is 24.4 Å². The number of ketones is 1. The first-order chi connectivity index (χ1) is 9.52. The summed E-state index contributed by atoms with van der Waals surface area (Å²) in [7, 11) is 0. The fraction of sp³-hybridized carbons (Fsp3) is 0.600. The number of hydrogen-bond donors (Lipinski definition) is 0. The number of hydrogen-bond acceptors (Lipinski definition) is 4. The molecule has 0 unspecified atom stereocenters. The van der Waals surface area contributed by atoms with Gasteiger partial charge in [0.25, 0.3) is 5.91 Å². The number of allylic oxidation sites excluding steroid dienone is 1. The van der Waals surface area contributed by atoms with Gasteiger partial charge in [0.05, 0.1) is 26.4 Å². The molecule has 0 aromatic rings. The topological polar surface area (TPSA) is 55.8 Å². The minimum Gasteiger partial charge on any atom is -0.379 e. The van der Waals surface area contributed by atoms with Gasteiger partial charge in [-0.25, -0.2) is 0 Å². The SMILES string of the molecule is C=C1C=CC(=O)N1CCOCCOCCC(=O)C(C)C. The summed E-state index contributed by atoms with van der Waals surface area (Å²) in [5.41, 5.74) is 0.696. The average molecular weight is 281 g/mol. The summed E-state index contributed by atoms with van der Waals surface area (Å²) in [4.78, 5) is 24.3. The van der Waals surface area contributed by atoms with Crippen molar-refractivity contribution in [2.24, 2.45) is 5.92 Å². The predicted octanol–water partition coefficient (Wildman–Crippen LogP) is 1.55. The Labute approximate surface area is 120 Å². The minimum atomic E-state index is -0.0537. The minimum absolute atomic E-state index is 0.0537. The molecule has 0 N–H and O–H groups in total. The van der Waals surface area contributed by atoms with Gasteiger partial charge in [-0.1, -0.05) is 20.4 Å². The molecule has 1 aliphatic rings. The number of carbonyl (C=O) groups is 2. The summed E-state index contributed by atoms with van der Waals surface area (Å²) in [5, 5.41) is 0. The van der Waals surface area contributed by atoms with Crippen LogP contribution in [-0.4, -0.2) is 49.6 Å². The largest absolute Gasteiger partial charge is 0.379 e. The van der Waals surface area contributed by atoms with E-state index >= 15 is 0 Å². The lowest BCUT2D eigenvalue weighted by Crippen LogP contribution is -2.28. The van der Waals surface area contributed by atoms with E-state index in [2.05, 4.69) is 6.58 Å². The zero-order valence-electron chi connectivity index (χ0n) is 12.3. The van der Waals surface area contributed by atoms with Gasteiger partial charge in [-0.3, -0.25) is 9.59 Å². The molecule has 0 aromatic carbocycles. The molecule has 112 valence electrons. The molecule has 5 heteroatoms. The number of Topliss-reactive ketones (excluding diaryl/α,β-unsaturated/α-hetero) is 1. The molecule has 0 bridgehead atoms. The normalized spacial score (nSPS) is 14.7. The summed E-state index contributed by atoms with van der Waals surface area (Å²) in [5.74, 6) is 0.223. The highest BCUT2D eigenvalue weighted by Gasteiger charge is 2.17. The smallest absolute Gasteiger partial charge is 0.251 e. The third-order valence-electron chi connectivity index (χ3n) is 3.00. The molecule has 0 aromatic heterocycles. The van der Waals surface area contributed by atoms with Crippen LogP contribution in [0.25, 0.3) is 0 Å². The Morgan fingerprint density at radius 2 is 1.85 bits per heavy atom. The van der Waals surface area contributed by atoms with Gasteiger partial charge in [-0.05, 0) is 6.08 Å². The van der Waals surface area contributed by atoms with Crippen molar-refractivity contribution in [1.29, 1.82) is 0 Å². The molecule has 1 aliphatic heterocycles. The summed E-state index contributed by atoms with van der Waals surface area (Å²) in [6.45, 7) is 9.82. The van der Waals surface area contributed by atoms with Gasteiger partial charge in [0.15, 0.2) is 0 Å². The van der Waals surface area contributed by atoms with Crippen LogP contribution in [0.15, 0.2) is 24.4 Å². The molecule has 1 heterocycles. The van der Waals surface area contributed by atoms with Gasteiger partial charge in [0, 0.05) is 30.7 Å². The van der Waals surface area contributed by atoms with Crippen LogP contribution >= 0.6 is 0 Å². The Bertz CT molecular complexity index is 369. The molecule has 0 spiro atoms. The fourth-order valence-corrected chi connectivity index (χ4v) is 1.68. The summed E-state index contributed by atoms with van der Waals surface area (Å²) < 4.78 is 10.7. The number of rotatable bonds is 10. The number of amides is 1. The third-order valence-corrected chi connectivity index (χ3v) is 3.00. The van der Waals surface area contributed by atoms with Gasteiger partial charge in [-0.2, -0.15) is 0 Å². The van der Waals surface area contributed by atoms with Crippen LogP contribution in [0.1, 0.15) is 20.3 Å². The fourth-order valence-electron chi connectivity index (χ4n) is 1.68. The van der Waals surface area contributed by atoms with Crippen molar-refractivity contribution in [2.75, 3.05) is 33.0 Å². The predicted molar refractivity (Wildman–Crippen MR) is 76.1 cm³/mol. The van der Waals surface area contributed by atoms with Crippen LogP contribution in [0.4, 0.5) is 0 Å². The van der Waals surface area contributed by atoms with E-state index in [9.17, 15) is 9.59 Å². The van der Waals surface area contributed by atoms with Crippen molar-refractivity contribution >= 4 is 11.7 Å². The zero-order valence-corrected chi connectivity index (χ0v) is 12.3. The first-order valence-corrected chi connectivity index (χ1v) is 6.89. The molecule has 0 saturated carbocycles. The molecule has 5 nitrogen and oxygen atoms in total. The van der Waals surface area contributed by atoms with E-state index < -0.39 is 0 Å². The first-order valence-electron chi connectivity index (χ1n) is 6.89. The van der Waals surface area contributed by atoms with Crippen molar-refractivity contribution in [1.82, 2.24) is 4.90 Å². The second-order valence-corrected chi connectivity index (χ2v) is 4.91. The van der Waals surface area contributed by atoms with Crippen LogP contribution in [0.2, 0.25) is 0 Å². The highest BCUT2D eigenvalue weighted by molar-refractivity contribution is 5.92. The van der Waals surface area contributed by atoms with Crippen molar-refractivity contribution in [3.8, 4) is 0 Å². The van der Waals surface area contributed by atoms with Crippen molar-refractivity contribution in [3.63, 3.8) is 0 Å². The van der Waals surface area contributed by atoms with Crippen LogP contribution in [0.5, 0.6) is 0 Å². The monoisotopic (exact) mass is 281 g/mol. The van der Waals surface area contributed by atoms with Crippen LogP contribution in [0, 0.1) is 5.92 Å². The Hall–Kier alpha value is -1.46. The molecule has 0 saturated heterocycles.